The molecular formula is C20H16F2N4O2. The average Bonchev–Trinajstić information content (AvgIpc) is 3.13. The van der Waals surface area contributed by atoms with Gasteiger partial charge in [0.2, 0.25) is 0 Å². The van der Waals surface area contributed by atoms with Gasteiger partial charge in [-0.1, -0.05) is 6.07 Å². The highest BCUT2D eigenvalue weighted by Crippen LogP contribution is 2.31. The van der Waals surface area contributed by atoms with Crippen LogP contribution in [-0.2, 0) is 0 Å². The van der Waals surface area contributed by atoms with E-state index in [4.69, 9.17) is 10.00 Å². The summed E-state index contributed by atoms with van der Waals surface area (Å²) in [6.07, 6.45) is 1.77. The zero-order valence-corrected chi connectivity index (χ0v) is 14.8. The van der Waals surface area contributed by atoms with Crippen molar-refractivity contribution in [1.82, 2.24) is 9.91 Å². The Morgan fingerprint density at radius 1 is 1.18 bits per heavy atom. The van der Waals surface area contributed by atoms with Gasteiger partial charge in [-0.05, 0) is 35.9 Å². The number of benzene rings is 2. The maximum atomic E-state index is 13.5. The SMILES string of the molecule is N#Cc1cccc(OC2CN(C(=O)N3N=CCC3c3cc(F)cc(F)c3)C2)c1. The minimum atomic E-state index is -0.689. The molecular weight excluding hydrogens is 366 g/mol. The summed E-state index contributed by atoms with van der Waals surface area (Å²) in [6.45, 7) is 0.734. The van der Waals surface area contributed by atoms with Crippen LogP contribution in [0.5, 0.6) is 5.75 Å². The standard InChI is InChI=1S/C20H16F2N4O2/c21-15-7-14(8-16(22)9-15)19-4-5-24-26(19)20(27)25-11-18(12-25)28-17-3-1-2-13(6-17)10-23/h1-3,5-9,18-19H,4,11-12H2. The van der Waals surface area contributed by atoms with E-state index < -0.39 is 17.7 Å². The Morgan fingerprint density at radius 2 is 1.93 bits per heavy atom. The van der Waals surface area contributed by atoms with Gasteiger partial charge in [-0.15, -0.1) is 0 Å². The van der Waals surface area contributed by atoms with Crippen LogP contribution in [-0.4, -0.2) is 41.3 Å². The lowest BCUT2D eigenvalue weighted by Crippen LogP contribution is -2.58. The first-order chi connectivity index (χ1) is 13.5. The van der Waals surface area contributed by atoms with Crippen LogP contribution in [0, 0.1) is 23.0 Å². The molecule has 0 spiro atoms. The summed E-state index contributed by atoms with van der Waals surface area (Å²) < 4.78 is 32.8. The zero-order valence-electron chi connectivity index (χ0n) is 14.8. The summed E-state index contributed by atoms with van der Waals surface area (Å²) in [5.41, 5.74) is 0.867. The second-order valence-electron chi connectivity index (χ2n) is 6.66. The molecule has 8 heteroatoms. The quantitative estimate of drug-likeness (QED) is 0.817. The van der Waals surface area contributed by atoms with Crippen molar-refractivity contribution in [2.75, 3.05) is 13.1 Å². The Bertz CT molecular complexity index is 962. The Balaban J connectivity index is 1.38. The van der Waals surface area contributed by atoms with Gasteiger partial charge >= 0.3 is 6.03 Å². The second kappa shape index (κ2) is 7.27. The van der Waals surface area contributed by atoms with E-state index in [0.29, 0.717) is 36.4 Å². The Morgan fingerprint density at radius 3 is 2.64 bits per heavy atom. The van der Waals surface area contributed by atoms with Crippen molar-refractivity contribution in [1.29, 1.82) is 5.26 Å². The number of hydrogen-bond acceptors (Lipinski definition) is 4. The summed E-state index contributed by atoms with van der Waals surface area (Å²) in [7, 11) is 0. The molecule has 2 aromatic carbocycles. The summed E-state index contributed by atoms with van der Waals surface area (Å²) in [6, 6.07) is 11.2. The van der Waals surface area contributed by atoms with E-state index >= 15 is 0 Å². The molecule has 6 nitrogen and oxygen atoms in total. The molecule has 0 aliphatic carbocycles. The topological polar surface area (TPSA) is 68.9 Å². The van der Waals surface area contributed by atoms with Gasteiger partial charge in [0, 0.05) is 18.7 Å². The predicted octanol–water partition coefficient (Wildman–Crippen LogP) is 3.45. The highest BCUT2D eigenvalue weighted by Gasteiger charge is 2.39. The fourth-order valence-corrected chi connectivity index (χ4v) is 3.29. The van der Waals surface area contributed by atoms with E-state index in [1.165, 1.54) is 17.1 Å². The number of rotatable bonds is 3. The number of hydrazone groups is 1. The first-order valence-corrected chi connectivity index (χ1v) is 8.77. The smallest absolute Gasteiger partial charge is 0.341 e. The van der Waals surface area contributed by atoms with Gasteiger partial charge in [0.25, 0.3) is 0 Å². The number of halogens is 2. The molecule has 0 bridgehead atoms. The molecule has 2 aromatic rings. The third kappa shape index (κ3) is 3.51. The first-order valence-electron chi connectivity index (χ1n) is 8.77. The molecule has 2 aliphatic heterocycles. The maximum Gasteiger partial charge on any atom is 0.341 e. The summed E-state index contributed by atoms with van der Waals surface area (Å²) in [5.74, 6) is -0.805. The van der Waals surface area contributed by atoms with E-state index in [1.54, 1.807) is 35.4 Å². The molecule has 0 radical (unpaired) electrons. The third-order valence-electron chi connectivity index (χ3n) is 4.68. The van der Waals surface area contributed by atoms with Gasteiger partial charge in [-0.3, -0.25) is 0 Å². The van der Waals surface area contributed by atoms with Gasteiger partial charge in [0.15, 0.2) is 0 Å². The van der Waals surface area contributed by atoms with Crippen molar-refractivity contribution >= 4 is 12.2 Å². The summed E-state index contributed by atoms with van der Waals surface area (Å²) in [5, 5.41) is 14.3. The molecule has 2 heterocycles. The molecule has 28 heavy (non-hydrogen) atoms. The highest BCUT2D eigenvalue weighted by atomic mass is 19.1. The van der Waals surface area contributed by atoms with Crippen LogP contribution < -0.4 is 4.74 Å². The highest BCUT2D eigenvalue weighted by molar-refractivity contribution is 5.79. The van der Waals surface area contributed by atoms with Gasteiger partial charge in [0.05, 0.1) is 30.8 Å². The van der Waals surface area contributed by atoms with Crippen LogP contribution in [0.25, 0.3) is 0 Å². The molecule has 0 saturated carbocycles. The van der Waals surface area contributed by atoms with Gasteiger partial charge in [-0.25, -0.2) is 18.6 Å². The van der Waals surface area contributed by atoms with Crippen LogP contribution in [0.2, 0.25) is 0 Å². The number of carbonyl (C=O) groups excluding carboxylic acids is 1. The summed E-state index contributed by atoms with van der Waals surface area (Å²) >= 11 is 0. The van der Waals surface area contributed by atoms with Crippen molar-refractivity contribution in [2.24, 2.45) is 5.10 Å². The minimum Gasteiger partial charge on any atom is -0.487 e. The zero-order chi connectivity index (χ0) is 19.7. The Labute approximate surface area is 160 Å². The molecule has 1 unspecified atom stereocenters. The van der Waals surface area contributed by atoms with Crippen molar-refractivity contribution in [3.63, 3.8) is 0 Å². The number of nitrogens with zero attached hydrogens (tertiary/aromatic N) is 4. The molecule has 1 atom stereocenters. The van der Waals surface area contributed by atoms with Crippen LogP contribution in [0.3, 0.4) is 0 Å². The fraction of sp³-hybridized carbons (Fsp3) is 0.250. The molecule has 142 valence electrons. The molecule has 4 rings (SSSR count). The lowest BCUT2D eigenvalue weighted by Gasteiger charge is -2.41. The van der Waals surface area contributed by atoms with Crippen LogP contribution in [0.1, 0.15) is 23.6 Å². The van der Waals surface area contributed by atoms with Gasteiger partial charge < -0.3 is 9.64 Å². The minimum absolute atomic E-state index is 0.186. The van der Waals surface area contributed by atoms with Crippen LogP contribution >= 0.6 is 0 Å². The fourth-order valence-electron chi connectivity index (χ4n) is 3.29. The van der Waals surface area contributed by atoms with Crippen molar-refractivity contribution in [3.05, 3.63) is 65.2 Å². The van der Waals surface area contributed by atoms with Crippen molar-refractivity contribution < 1.29 is 18.3 Å². The number of nitriles is 1. The van der Waals surface area contributed by atoms with Crippen molar-refractivity contribution in [2.45, 2.75) is 18.6 Å². The lowest BCUT2D eigenvalue weighted by molar-refractivity contribution is 0.0277. The lowest BCUT2D eigenvalue weighted by atomic mass is 10.0. The Hall–Kier alpha value is -3.47. The monoisotopic (exact) mass is 382 g/mol. The Kier molecular flexibility index (Phi) is 4.65. The molecule has 1 fully saturated rings. The number of ether oxygens (including phenoxy) is 1. The molecule has 0 aromatic heterocycles. The van der Waals surface area contributed by atoms with E-state index in [9.17, 15) is 13.6 Å². The molecule has 0 N–H and O–H groups in total. The van der Waals surface area contributed by atoms with Gasteiger partial charge in [0.1, 0.15) is 23.5 Å². The maximum absolute atomic E-state index is 13.5. The number of urea groups is 1. The van der Waals surface area contributed by atoms with Crippen molar-refractivity contribution in [3.8, 4) is 11.8 Å². The normalized spacial score (nSPS) is 18.7. The van der Waals surface area contributed by atoms with Crippen LogP contribution in [0.15, 0.2) is 47.6 Å². The van der Waals surface area contributed by atoms with E-state index in [0.717, 1.165) is 6.07 Å². The number of carbonyl (C=O) groups is 1. The van der Waals surface area contributed by atoms with E-state index in [2.05, 4.69) is 5.10 Å². The predicted molar refractivity (Wildman–Crippen MR) is 96.6 cm³/mol. The molecule has 2 amide bonds. The first kappa shape index (κ1) is 17.9. The average molecular weight is 382 g/mol. The van der Waals surface area contributed by atoms with Gasteiger partial charge in [-0.2, -0.15) is 10.4 Å². The summed E-state index contributed by atoms with van der Waals surface area (Å²) in [4.78, 5) is 14.3. The third-order valence-corrected chi connectivity index (χ3v) is 4.68. The van der Waals surface area contributed by atoms with E-state index in [-0.39, 0.29) is 12.1 Å². The second-order valence-corrected chi connectivity index (χ2v) is 6.66. The number of likely N-dealkylation sites (tertiary alicyclic amines) is 1. The number of hydrogen-bond donors (Lipinski definition) is 0. The molecule has 2 aliphatic rings. The number of amides is 2. The van der Waals surface area contributed by atoms with Crippen LogP contribution in [0.4, 0.5) is 13.6 Å². The largest absolute Gasteiger partial charge is 0.487 e. The molecule has 1 saturated heterocycles. The van der Waals surface area contributed by atoms with E-state index in [1.807, 2.05) is 6.07 Å².